The van der Waals surface area contributed by atoms with Crippen molar-refractivity contribution >= 4 is 33.2 Å². The summed E-state index contributed by atoms with van der Waals surface area (Å²) < 4.78 is 32.3. The number of anilines is 3. The van der Waals surface area contributed by atoms with Gasteiger partial charge in [0, 0.05) is 31.8 Å². The van der Waals surface area contributed by atoms with Crippen molar-refractivity contribution in [3.8, 4) is 0 Å². The molecule has 1 N–H and O–H groups in total. The number of nitrogens with one attached hydrogen (secondary N) is 1. The molecule has 0 saturated heterocycles. The fraction of sp³-hybridized carbons (Fsp3) is 0.412. The standard InChI is InChI=1S/C17H20N4O4S/c1-10-8-13-14(21(3)26(23,24)20(13)2)9-12(10)18-17(22)16-11-6-4-5-7-15(11)25-19-16/h8-9H,4-7H2,1-3H3,(H,18,22). The van der Waals surface area contributed by atoms with Crippen LogP contribution in [0.1, 0.15) is 40.2 Å². The number of hydrogen-bond acceptors (Lipinski definition) is 5. The van der Waals surface area contributed by atoms with Crippen molar-refractivity contribution in [2.45, 2.75) is 32.6 Å². The van der Waals surface area contributed by atoms with Gasteiger partial charge in [-0.2, -0.15) is 8.42 Å². The summed E-state index contributed by atoms with van der Waals surface area (Å²) >= 11 is 0. The van der Waals surface area contributed by atoms with Gasteiger partial charge in [-0.3, -0.25) is 13.4 Å². The Labute approximate surface area is 151 Å². The zero-order valence-corrected chi connectivity index (χ0v) is 15.7. The molecule has 0 saturated carbocycles. The molecule has 26 heavy (non-hydrogen) atoms. The van der Waals surface area contributed by atoms with E-state index in [1.807, 2.05) is 6.92 Å². The number of fused-ring (bicyclic) bond motifs is 2. The third-order valence-electron chi connectivity index (χ3n) is 5.11. The summed E-state index contributed by atoms with van der Waals surface area (Å²) in [6.07, 6.45) is 3.65. The molecule has 1 aromatic carbocycles. The zero-order valence-electron chi connectivity index (χ0n) is 14.9. The number of carbonyl (C=O) groups is 1. The van der Waals surface area contributed by atoms with Crippen LogP contribution in [-0.2, 0) is 23.1 Å². The summed E-state index contributed by atoms with van der Waals surface area (Å²) in [5, 5.41) is 6.80. The maximum atomic E-state index is 12.7. The fourth-order valence-electron chi connectivity index (χ4n) is 3.50. The van der Waals surface area contributed by atoms with Crippen LogP contribution in [0.4, 0.5) is 17.1 Å². The molecule has 0 radical (unpaired) electrons. The van der Waals surface area contributed by atoms with Crippen molar-refractivity contribution in [2.75, 3.05) is 28.0 Å². The molecule has 0 spiro atoms. The molecule has 0 bridgehead atoms. The number of benzene rings is 1. The number of nitrogens with zero attached hydrogens (tertiary/aromatic N) is 3. The van der Waals surface area contributed by atoms with Crippen LogP contribution in [0, 0.1) is 6.92 Å². The second-order valence-electron chi connectivity index (χ2n) is 6.69. The molecule has 1 aromatic heterocycles. The molecule has 2 aliphatic rings. The quantitative estimate of drug-likeness (QED) is 0.867. The predicted octanol–water partition coefficient (Wildman–Crippen LogP) is 2.24. The van der Waals surface area contributed by atoms with E-state index in [-0.39, 0.29) is 5.91 Å². The molecule has 1 amide bonds. The summed E-state index contributed by atoms with van der Waals surface area (Å²) in [4.78, 5) is 12.7. The van der Waals surface area contributed by atoms with Gasteiger partial charge in [0.2, 0.25) is 0 Å². The third-order valence-corrected chi connectivity index (χ3v) is 6.88. The summed E-state index contributed by atoms with van der Waals surface area (Å²) in [5.41, 5.74) is 3.63. The molecular weight excluding hydrogens is 356 g/mol. The van der Waals surface area contributed by atoms with Crippen molar-refractivity contribution in [3.63, 3.8) is 0 Å². The van der Waals surface area contributed by atoms with Crippen molar-refractivity contribution in [1.29, 1.82) is 0 Å². The van der Waals surface area contributed by atoms with Crippen LogP contribution >= 0.6 is 0 Å². The van der Waals surface area contributed by atoms with Crippen LogP contribution in [0.15, 0.2) is 16.7 Å². The minimum Gasteiger partial charge on any atom is -0.360 e. The van der Waals surface area contributed by atoms with Crippen LogP contribution in [-0.4, -0.2) is 33.6 Å². The van der Waals surface area contributed by atoms with Crippen LogP contribution < -0.4 is 13.9 Å². The lowest BCUT2D eigenvalue weighted by atomic mass is 9.96. The topological polar surface area (TPSA) is 95.7 Å². The van der Waals surface area contributed by atoms with E-state index in [2.05, 4.69) is 10.5 Å². The maximum absolute atomic E-state index is 12.7. The Kier molecular flexibility index (Phi) is 3.72. The molecule has 1 aliphatic carbocycles. The number of aromatic nitrogens is 1. The van der Waals surface area contributed by atoms with E-state index in [1.165, 1.54) is 22.7 Å². The first-order valence-corrected chi connectivity index (χ1v) is 9.86. The Morgan fingerprint density at radius 1 is 1.15 bits per heavy atom. The summed E-state index contributed by atoms with van der Waals surface area (Å²) in [7, 11) is -0.550. The third kappa shape index (κ3) is 2.38. The first kappa shape index (κ1) is 16.9. The Bertz CT molecular complexity index is 1010. The first-order valence-electron chi connectivity index (χ1n) is 8.47. The predicted molar refractivity (Wildman–Crippen MR) is 98.0 cm³/mol. The molecular formula is C17H20N4O4S. The second-order valence-corrected chi connectivity index (χ2v) is 8.68. The highest BCUT2D eigenvalue weighted by molar-refractivity contribution is 7.94. The summed E-state index contributed by atoms with van der Waals surface area (Å²) in [6.45, 7) is 1.83. The van der Waals surface area contributed by atoms with Crippen LogP contribution in [0.5, 0.6) is 0 Å². The average molecular weight is 376 g/mol. The first-order chi connectivity index (χ1) is 12.3. The number of rotatable bonds is 2. The lowest BCUT2D eigenvalue weighted by Gasteiger charge is -2.13. The van der Waals surface area contributed by atoms with E-state index in [1.54, 1.807) is 12.1 Å². The van der Waals surface area contributed by atoms with E-state index in [9.17, 15) is 13.2 Å². The van der Waals surface area contributed by atoms with E-state index < -0.39 is 10.2 Å². The van der Waals surface area contributed by atoms with Gasteiger partial charge in [-0.25, -0.2) is 0 Å². The lowest BCUT2D eigenvalue weighted by Crippen LogP contribution is -2.32. The van der Waals surface area contributed by atoms with Gasteiger partial charge < -0.3 is 9.84 Å². The second kappa shape index (κ2) is 5.73. The van der Waals surface area contributed by atoms with E-state index in [4.69, 9.17) is 4.52 Å². The SMILES string of the molecule is Cc1cc2c(cc1NC(=O)c1noc3c1CCCC3)N(C)S(=O)(=O)N2C. The monoisotopic (exact) mass is 376 g/mol. The molecule has 0 fully saturated rings. The minimum atomic E-state index is -3.55. The number of hydrogen-bond donors (Lipinski definition) is 1. The van der Waals surface area contributed by atoms with E-state index in [0.29, 0.717) is 22.8 Å². The summed E-state index contributed by atoms with van der Waals surface area (Å²) in [6, 6.07) is 3.43. The molecule has 2 heterocycles. The van der Waals surface area contributed by atoms with Gasteiger partial charge in [-0.1, -0.05) is 5.16 Å². The Balaban J connectivity index is 1.67. The van der Waals surface area contributed by atoms with Crippen molar-refractivity contribution in [3.05, 3.63) is 34.7 Å². The molecule has 0 atom stereocenters. The molecule has 9 heteroatoms. The average Bonchev–Trinajstić information content (AvgIpc) is 3.11. The van der Waals surface area contributed by atoms with E-state index >= 15 is 0 Å². The van der Waals surface area contributed by atoms with Crippen LogP contribution in [0.3, 0.4) is 0 Å². The fourth-order valence-corrected chi connectivity index (χ4v) is 4.65. The Hall–Kier alpha value is -2.55. The normalized spacial score (nSPS) is 17.8. The van der Waals surface area contributed by atoms with Crippen molar-refractivity contribution in [1.82, 2.24) is 5.16 Å². The van der Waals surface area contributed by atoms with Gasteiger partial charge in [-0.15, -0.1) is 0 Å². The van der Waals surface area contributed by atoms with Crippen LogP contribution in [0.25, 0.3) is 0 Å². The highest BCUT2D eigenvalue weighted by Crippen LogP contribution is 2.42. The van der Waals surface area contributed by atoms with Gasteiger partial charge in [0.25, 0.3) is 5.91 Å². The zero-order chi connectivity index (χ0) is 18.6. The number of aryl methyl sites for hydroxylation is 2. The van der Waals surface area contributed by atoms with Crippen molar-refractivity contribution < 1.29 is 17.7 Å². The number of amides is 1. The minimum absolute atomic E-state index is 0.317. The Morgan fingerprint density at radius 3 is 2.54 bits per heavy atom. The van der Waals surface area contributed by atoms with E-state index in [0.717, 1.165) is 42.6 Å². The van der Waals surface area contributed by atoms with Crippen LogP contribution in [0.2, 0.25) is 0 Å². The number of carbonyl (C=O) groups excluding carboxylic acids is 1. The maximum Gasteiger partial charge on any atom is 0.326 e. The summed E-state index contributed by atoms with van der Waals surface area (Å²) in [5.74, 6) is 0.455. The Morgan fingerprint density at radius 2 is 1.81 bits per heavy atom. The highest BCUT2D eigenvalue weighted by Gasteiger charge is 2.36. The van der Waals surface area contributed by atoms with Gasteiger partial charge in [0.1, 0.15) is 5.76 Å². The molecule has 2 aromatic rings. The molecule has 138 valence electrons. The van der Waals surface area contributed by atoms with Gasteiger partial charge in [0.05, 0.1) is 11.4 Å². The van der Waals surface area contributed by atoms with Gasteiger partial charge >= 0.3 is 10.2 Å². The smallest absolute Gasteiger partial charge is 0.326 e. The highest BCUT2D eigenvalue weighted by atomic mass is 32.2. The van der Waals surface area contributed by atoms with Gasteiger partial charge in [-0.05, 0) is 43.9 Å². The van der Waals surface area contributed by atoms with Gasteiger partial charge in [0.15, 0.2) is 5.69 Å². The largest absolute Gasteiger partial charge is 0.360 e. The lowest BCUT2D eigenvalue weighted by molar-refractivity contribution is 0.101. The molecule has 1 aliphatic heterocycles. The molecule has 8 nitrogen and oxygen atoms in total. The van der Waals surface area contributed by atoms with Crippen molar-refractivity contribution in [2.24, 2.45) is 0 Å². The molecule has 4 rings (SSSR count). The molecule has 0 unspecified atom stereocenters.